The molecule has 1 aliphatic rings. The van der Waals surface area contributed by atoms with Gasteiger partial charge in [0.15, 0.2) is 5.82 Å². The van der Waals surface area contributed by atoms with Crippen molar-refractivity contribution in [2.75, 3.05) is 28.6 Å². The number of amides is 3. The number of nitrogens with one attached hydrogen (secondary N) is 3. The van der Waals surface area contributed by atoms with E-state index in [9.17, 15) is 14.4 Å². The molecule has 0 saturated carbocycles. The van der Waals surface area contributed by atoms with E-state index in [1.165, 1.54) is 18.0 Å². The molecule has 0 bridgehead atoms. The smallest absolute Gasteiger partial charge is 0.409 e. The van der Waals surface area contributed by atoms with Gasteiger partial charge in [0.2, 0.25) is 11.8 Å². The molecule has 4 N–H and O–H groups in total. The predicted octanol–water partition coefficient (Wildman–Crippen LogP) is 0.455. The highest BCUT2D eigenvalue weighted by molar-refractivity contribution is 6.04. The summed E-state index contributed by atoms with van der Waals surface area (Å²) in [7, 11) is 0. The summed E-state index contributed by atoms with van der Waals surface area (Å²) >= 11 is 0. The fourth-order valence-electron chi connectivity index (χ4n) is 2.16. The van der Waals surface area contributed by atoms with Gasteiger partial charge < -0.3 is 15.7 Å². The van der Waals surface area contributed by atoms with Crippen molar-refractivity contribution in [2.24, 2.45) is 0 Å². The van der Waals surface area contributed by atoms with Gasteiger partial charge in [0.1, 0.15) is 6.04 Å². The van der Waals surface area contributed by atoms with Crippen molar-refractivity contribution in [3.8, 4) is 0 Å². The maximum absolute atomic E-state index is 12.2. The van der Waals surface area contributed by atoms with Crippen molar-refractivity contribution < 1.29 is 19.5 Å². The van der Waals surface area contributed by atoms with Crippen LogP contribution in [0.4, 0.5) is 22.0 Å². The van der Waals surface area contributed by atoms with E-state index in [4.69, 9.17) is 5.11 Å². The molecule has 1 unspecified atom stereocenters. The number of fused-ring (bicyclic) bond motifs is 1. The minimum absolute atomic E-state index is 0.163. The molecule has 0 radical (unpaired) electrons. The van der Waals surface area contributed by atoms with E-state index in [0.717, 1.165) is 0 Å². The molecule has 2 rings (SSSR count). The number of hydrogen-bond donors (Lipinski definition) is 4. The van der Waals surface area contributed by atoms with Gasteiger partial charge in [0.25, 0.3) is 0 Å². The van der Waals surface area contributed by atoms with Crippen molar-refractivity contribution in [3.63, 3.8) is 0 Å². The highest BCUT2D eigenvalue weighted by atomic mass is 16.4. The van der Waals surface area contributed by atoms with Gasteiger partial charge in [-0.3, -0.25) is 19.8 Å². The molecule has 0 saturated heterocycles. The zero-order valence-electron chi connectivity index (χ0n) is 12.2. The Labute approximate surface area is 126 Å². The Hall–Kier alpha value is -2.84. The molecule has 9 heteroatoms. The van der Waals surface area contributed by atoms with Crippen molar-refractivity contribution in [1.29, 1.82) is 0 Å². The molecule has 1 aromatic rings. The molecule has 0 fully saturated rings. The number of nitrogens with zero attached hydrogens (tertiary/aromatic N) is 2. The molecule has 118 valence electrons. The Morgan fingerprint density at radius 2 is 2.23 bits per heavy atom. The van der Waals surface area contributed by atoms with Crippen LogP contribution >= 0.6 is 0 Å². The van der Waals surface area contributed by atoms with Gasteiger partial charge >= 0.3 is 6.09 Å². The standard InChI is InChI=1S/C13H17N5O4/c1-7-12(20)18(4-3-14-8(2)19)11-10(16-7)5-9(6-15-11)17-13(21)22/h5-7,16-17H,3-4H2,1-2H3,(H,14,19)(H,21,22). The number of rotatable bonds is 4. The summed E-state index contributed by atoms with van der Waals surface area (Å²) in [5.41, 5.74) is 0.864. The van der Waals surface area contributed by atoms with Gasteiger partial charge in [0.05, 0.1) is 17.6 Å². The van der Waals surface area contributed by atoms with E-state index < -0.39 is 12.1 Å². The van der Waals surface area contributed by atoms with E-state index in [1.807, 2.05) is 0 Å². The number of aromatic nitrogens is 1. The summed E-state index contributed by atoms with van der Waals surface area (Å²) in [6, 6.07) is 1.11. The van der Waals surface area contributed by atoms with Gasteiger partial charge in [-0.05, 0) is 13.0 Å². The first kappa shape index (κ1) is 15.5. The second kappa shape index (κ2) is 6.29. The van der Waals surface area contributed by atoms with Crippen LogP contribution in [0.15, 0.2) is 12.3 Å². The number of pyridine rings is 1. The van der Waals surface area contributed by atoms with Gasteiger partial charge in [-0.15, -0.1) is 0 Å². The van der Waals surface area contributed by atoms with Crippen LogP contribution in [0.1, 0.15) is 13.8 Å². The second-order valence-corrected chi connectivity index (χ2v) is 4.86. The Bertz CT molecular complexity index is 618. The van der Waals surface area contributed by atoms with Gasteiger partial charge in [-0.25, -0.2) is 9.78 Å². The van der Waals surface area contributed by atoms with E-state index >= 15 is 0 Å². The zero-order chi connectivity index (χ0) is 16.3. The number of anilines is 3. The summed E-state index contributed by atoms with van der Waals surface area (Å²) in [4.78, 5) is 39.4. The summed E-state index contributed by atoms with van der Waals surface area (Å²) in [6.07, 6.45) is 0.146. The Balaban J connectivity index is 2.23. The topological polar surface area (TPSA) is 124 Å². The summed E-state index contributed by atoms with van der Waals surface area (Å²) < 4.78 is 0. The largest absolute Gasteiger partial charge is 0.465 e. The molecule has 22 heavy (non-hydrogen) atoms. The van der Waals surface area contributed by atoms with Crippen LogP contribution in [0.25, 0.3) is 0 Å². The molecule has 1 atom stereocenters. The molecule has 2 heterocycles. The van der Waals surface area contributed by atoms with Crippen LogP contribution in [0.5, 0.6) is 0 Å². The van der Waals surface area contributed by atoms with Crippen LogP contribution in [0.2, 0.25) is 0 Å². The predicted molar refractivity (Wildman–Crippen MR) is 80.0 cm³/mol. The molecule has 1 aliphatic heterocycles. The minimum Gasteiger partial charge on any atom is -0.465 e. The average molecular weight is 307 g/mol. The lowest BCUT2D eigenvalue weighted by Gasteiger charge is -2.33. The van der Waals surface area contributed by atoms with Crippen LogP contribution in [-0.2, 0) is 9.59 Å². The van der Waals surface area contributed by atoms with Crippen molar-refractivity contribution >= 4 is 35.1 Å². The molecule has 1 aromatic heterocycles. The zero-order valence-corrected chi connectivity index (χ0v) is 12.2. The lowest BCUT2D eigenvalue weighted by Crippen LogP contribution is -2.48. The SMILES string of the molecule is CC(=O)NCCN1C(=O)C(C)Nc2cc(NC(=O)O)cnc21. The normalized spacial score (nSPS) is 16.5. The summed E-state index contributed by atoms with van der Waals surface area (Å²) in [5, 5.41) is 16.5. The molecule has 0 aromatic carbocycles. The van der Waals surface area contributed by atoms with Crippen molar-refractivity contribution in [1.82, 2.24) is 10.3 Å². The lowest BCUT2D eigenvalue weighted by molar-refractivity contribution is -0.120. The maximum atomic E-state index is 12.2. The fraction of sp³-hybridized carbons (Fsp3) is 0.385. The Kier molecular flexibility index (Phi) is 4.44. The van der Waals surface area contributed by atoms with Gasteiger partial charge in [-0.1, -0.05) is 0 Å². The van der Waals surface area contributed by atoms with Crippen LogP contribution < -0.4 is 20.9 Å². The first-order valence-electron chi connectivity index (χ1n) is 6.71. The van der Waals surface area contributed by atoms with E-state index in [0.29, 0.717) is 23.7 Å². The number of carbonyl (C=O) groups is 3. The Morgan fingerprint density at radius 3 is 2.86 bits per heavy atom. The van der Waals surface area contributed by atoms with Crippen LogP contribution in [-0.4, -0.2) is 47.1 Å². The first-order chi connectivity index (χ1) is 10.4. The molecule has 9 nitrogen and oxygen atoms in total. The van der Waals surface area contributed by atoms with Gasteiger partial charge in [0, 0.05) is 20.0 Å². The lowest BCUT2D eigenvalue weighted by atomic mass is 10.1. The third kappa shape index (κ3) is 3.43. The maximum Gasteiger partial charge on any atom is 0.409 e. The number of carboxylic acid groups (broad SMARTS) is 1. The summed E-state index contributed by atoms with van der Waals surface area (Å²) in [5.74, 6) is 0.0681. The number of carbonyl (C=O) groups excluding carboxylic acids is 2. The third-order valence-electron chi connectivity index (χ3n) is 3.09. The third-order valence-corrected chi connectivity index (χ3v) is 3.09. The highest BCUT2D eigenvalue weighted by Gasteiger charge is 2.30. The van der Waals surface area contributed by atoms with Crippen LogP contribution in [0.3, 0.4) is 0 Å². The fourth-order valence-corrected chi connectivity index (χ4v) is 2.16. The summed E-state index contributed by atoms with van der Waals surface area (Å²) in [6.45, 7) is 3.70. The monoisotopic (exact) mass is 307 g/mol. The van der Waals surface area contributed by atoms with Crippen molar-refractivity contribution in [2.45, 2.75) is 19.9 Å². The molecular formula is C13H17N5O4. The molecule has 0 spiro atoms. The average Bonchev–Trinajstić information content (AvgIpc) is 2.42. The van der Waals surface area contributed by atoms with E-state index in [-0.39, 0.29) is 18.4 Å². The van der Waals surface area contributed by atoms with Crippen molar-refractivity contribution in [3.05, 3.63) is 12.3 Å². The molecular weight excluding hydrogens is 290 g/mol. The van der Waals surface area contributed by atoms with Crippen LogP contribution in [0, 0.1) is 0 Å². The highest BCUT2D eigenvalue weighted by Crippen LogP contribution is 2.31. The first-order valence-corrected chi connectivity index (χ1v) is 6.71. The Morgan fingerprint density at radius 1 is 1.50 bits per heavy atom. The molecule has 0 aliphatic carbocycles. The quantitative estimate of drug-likeness (QED) is 0.640. The van der Waals surface area contributed by atoms with E-state index in [2.05, 4.69) is 20.9 Å². The van der Waals surface area contributed by atoms with Gasteiger partial charge in [-0.2, -0.15) is 0 Å². The molecule has 3 amide bonds. The number of hydrogen-bond acceptors (Lipinski definition) is 5. The minimum atomic E-state index is -1.19. The second-order valence-electron chi connectivity index (χ2n) is 4.86. The van der Waals surface area contributed by atoms with E-state index in [1.54, 1.807) is 13.0 Å².